The third-order valence-electron chi connectivity index (χ3n) is 2.79. The molecule has 0 heterocycles. The molecule has 0 N–H and O–H groups in total. The maximum absolute atomic E-state index is 11.4. The highest BCUT2D eigenvalue weighted by Gasteiger charge is 2.32. The molecule has 2 rings (SSSR count). The largest absolute Gasteiger partial charge is 0.213 e. The topological polar surface area (TPSA) is 37.4 Å². The molecule has 76 valence electrons. The summed E-state index contributed by atoms with van der Waals surface area (Å²) in [5.74, 6) is 1.32. The Kier molecular flexibility index (Phi) is 2.36. The van der Waals surface area contributed by atoms with Gasteiger partial charge in [-0.15, -0.1) is 0 Å². The van der Waals surface area contributed by atoms with Crippen LogP contribution >= 0.6 is 0 Å². The van der Waals surface area contributed by atoms with E-state index in [2.05, 4.69) is 0 Å². The van der Waals surface area contributed by atoms with Gasteiger partial charge in [-0.1, -0.05) is 0 Å². The van der Waals surface area contributed by atoms with Crippen LogP contribution in [0.4, 0.5) is 0 Å². The lowest BCUT2D eigenvalue weighted by Gasteiger charge is -2.19. The number of nitrogens with zero attached hydrogens (tertiary/aromatic N) is 1. The molecule has 0 bridgehead atoms. The maximum atomic E-state index is 11.4. The van der Waals surface area contributed by atoms with E-state index < -0.39 is 10.0 Å². The first kappa shape index (κ1) is 9.46. The van der Waals surface area contributed by atoms with E-state index in [0.29, 0.717) is 11.8 Å². The second-order valence-electron chi connectivity index (χ2n) is 4.47. The highest BCUT2D eigenvalue weighted by Crippen LogP contribution is 2.34. The molecule has 0 radical (unpaired) electrons. The summed E-state index contributed by atoms with van der Waals surface area (Å²) >= 11 is 0. The fraction of sp³-hybridized carbons (Fsp3) is 1.00. The van der Waals surface area contributed by atoms with Crippen molar-refractivity contribution < 1.29 is 8.42 Å². The van der Waals surface area contributed by atoms with Crippen LogP contribution in [0.25, 0.3) is 0 Å². The van der Waals surface area contributed by atoms with Crippen LogP contribution in [0.15, 0.2) is 0 Å². The SMILES string of the molecule is CS(=O)(=O)N(CC1CC1)CC1CC1. The van der Waals surface area contributed by atoms with Crippen molar-refractivity contribution in [2.45, 2.75) is 25.7 Å². The summed E-state index contributed by atoms with van der Waals surface area (Å²) in [5, 5.41) is 0. The second-order valence-corrected chi connectivity index (χ2v) is 6.45. The van der Waals surface area contributed by atoms with Crippen molar-refractivity contribution in [3.05, 3.63) is 0 Å². The van der Waals surface area contributed by atoms with Gasteiger partial charge in [-0.05, 0) is 37.5 Å². The van der Waals surface area contributed by atoms with Gasteiger partial charge in [0.15, 0.2) is 0 Å². The fourth-order valence-corrected chi connectivity index (χ4v) is 2.49. The zero-order valence-electron chi connectivity index (χ0n) is 8.07. The molecule has 0 amide bonds. The zero-order valence-corrected chi connectivity index (χ0v) is 8.89. The molecule has 0 aromatic rings. The fourth-order valence-electron chi connectivity index (χ4n) is 1.52. The molecular weight excluding hydrogens is 186 g/mol. The Morgan fingerprint density at radius 1 is 1.08 bits per heavy atom. The molecule has 2 saturated carbocycles. The third kappa shape index (κ3) is 2.95. The van der Waals surface area contributed by atoms with Gasteiger partial charge >= 0.3 is 0 Å². The molecule has 0 spiro atoms. The standard InChI is InChI=1S/C9H17NO2S/c1-13(11,12)10(6-8-2-3-8)7-9-4-5-9/h8-9H,2-7H2,1H3. The van der Waals surface area contributed by atoms with Crippen LogP contribution in [0.1, 0.15) is 25.7 Å². The minimum absolute atomic E-state index is 0.661. The van der Waals surface area contributed by atoms with Gasteiger partial charge in [0.2, 0.25) is 10.0 Å². The zero-order chi connectivity index (χ0) is 9.47. The Bertz CT molecular complexity index is 264. The summed E-state index contributed by atoms with van der Waals surface area (Å²) in [5.41, 5.74) is 0. The predicted octanol–water partition coefficient (Wildman–Crippen LogP) is 1.07. The monoisotopic (exact) mass is 203 g/mol. The Labute approximate surface area is 80.2 Å². The highest BCUT2D eigenvalue weighted by atomic mass is 32.2. The van der Waals surface area contributed by atoms with E-state index in [1.54, 1.807) is 4.31 Å². The average molecular weight is 203 g/mol. The molecule has 13 heavy (non-hydrogen) atoms. The lowest BCUT2D eigenvalue weighted by atomic mass is 10.4. The first-order valence-corrected chi connectivity index (χ1v) is 6.85. The molecule has 2 fully saturated rings. The lowest BCUT2D eigenvalue weighted by Crippen LogP contribution is -2.33. The molecule has 0 aromatic carbocycles. The van der Waals surface area contributed by atoms with Crippen molar-refractivity contribution in [2.24, 2.45) is 11.8 Å². The minimum Gasteiger partial charge on any atom is -0.213 e. The molecule has 3 nitrogen and oxygen atoms in total. The Hall–Kier alpha value is -0.0900. The van der Waals surface area contributed by atoms with Gasteiger partial charge in [0.25, 0.3) is 0 Å². The number of hydrogen-bond donors (Lipinski definition) is 0. The van der Waals surface area contributed by atoms with Gasteiger partial charge < -0.3 is 0 Å². The molecule has 0 aromatic heterocycles. The van der Waals surface area contributed by atoms with Crippen LogP contribution in [0, 0.1) is 11.8 Å². The average Bonchev–Trinajstić information content (AvgIpc) is 2.76. The van der Waals surface area contributed by atoms with Crippen LogP contribution in [0.2, 0.25) is 0 Å². The van der Waals surface area contributed by atoms with E-state index in [4.69, 9.17) is 0 Å². The molecule has 0 unspecified atom stereocenters. The van der Waals surface area contributed by atoms with Gasteiger partial charge in [0, 0.05) is 13.1 Å². The van der Waals surface area contributed by atoms with Crippen LogP contribution < -0.4 is 0 Å². The Morgan fingerprint density at radius 3 is 1.69 bits per heavy atom. The van der Waals surface area contributed by atoms with E-state index in [1.807, 2.05) is 0 Å². The smallest absolute Gasteiger partial charge is 0.211 e. The van der Waals surface area contributed by atoms with Gasteiger partial charge in [-0.3, -0.25) is 0 Å². The summed E-state index contributed by atoms with van der Waals surface area (Å²) in [4.78, 5) is 0. The lowest BCUT2D eigenvalue weighted by molar-refractivity contribution is 0.385. The predicted molar refractivity (Wildman–Crippen MR) is 51.9 cm³/mol. The normalized spacial score (nSPS) is 23.8. The van der Waals surface area contributed by atoms with Crippen molar-refractivity contribution in [1.82, 2.24) is 4.31 Å². The summed E-state index contributed by atoms with van der Waals surface area (Å²) in [6.07, 6.45) is 6.21. The highest BCUT2D eigenvalue weighted by molar-refractivity contribution is 7.88. The molecule has 0 atom stereocenters. The van der Waals surface area contributed by atoms with Gasteiger partial charge in [0.1, 0.15) is 0 Å². The summed E-state index contributed by atoms with van der Waals surface area (Å²) < 4.78 is 24.5. The molecule has 2 aliphatic rings. The first-order valence-electron chi connectivity index (χ1n) is 5.01. The van der Waals surface area contributed by atoms with Crippen LogP contribution in [-0.4, -0.2) is 32.1 Å². The van der Waals surface area contributed by atoms with Crippen molar-refractivity contribution in [3.8, 4) is 0 Å². The van der Waals surface area contributed by atoms with E-state index in [9.17, 15) is 8.42 Å². The molecule has 0 saturated heterocycles. The number of hydrogen-bond acceptors (Lipinski definition) is 2. The van der Waals surface area contributed by atoms with Gasteiger partial charge in [0.05, 0.1) is 6.26 Å². The summed E-state index contributed by atoms with van der Waals surface area (Å²) in [6, 6.07) is 0. The van der Waals surface area contributed by atoms with Gasteiger partial charge in [-0.25, -0.2) is 12.7 Å². The molecule has 4 heteroatoms. The van der Waals surface area contributed by atoms with Crippen molar-refractivity contribution in [2.75, 3.05) is 19.3 Å². The molecule has 0 aliphatic heterocycles. The quantitative estimate of drug-likeness (QED) is 0.670. The van der Waals surface area contributed by atoms with E-state index in [-0.39, 0.29) is 0 Å². The second kappa shape index (κ2) is 3.24. The summed E-state index contributed by atoms with van der Waals surface area (Å²) in [6.45, 7) is 1.55. The van der Waals surface area contributed by atoms with Crippen LogP contribution in [-0.2, 0) is 10.0 Å². The van der Waals surface area contributed by atoms with Crippen LogP contribution in [0.3, 0.4) is 0 Å². The van der Waals surface area contributed by atoms with Crippen molar-refractivity contribution in [1.29, 1.82) is 0 Å². The number of sulfonamides is 1. The molecule has 2 aliphatic carbocycles. The van der Waals surface area contributed by atoms with Gasteiger partial charge in [-0.2, -0.15) is 0 Å². The number of rotatable bonds is 5. The maximum Gasteiger partial charge on any atom is 0.211 e. The Morgan fingerprint density at radius 2 is 1.46 bits per heavy atom. The molecular formula is C9H17NO2S. The van der Waals surface area contributed by atoms with Crippen LogP contribution in [0.5, 0.6) is 0 Å². The Balaban J connectivity index is 1.91. The van der Waals surface area contributed by atoms with E-state index in [0.717, 1.165) is 13.1 Å². The van der Waals surface area contributed by atoms with E-state index >= 15 is 0 Å². The van der Waals surface area contributed by atoms with Crippen molar-refractivity contribution in [3.63, 3.8) is 0 Å². The van der Waals surface area contributed by atoms with E-state index in [1.165, 1.54) is 31.9 Å². The van der Waals surface area contributed by atoms with Crippen molar-refractivity contribution >= 4 is 10.0 Å². The first-order chi connectivity index (χ1) is 6.05. The minimum atomic E-state index is -2.94. The summed E-state index contributed by atoms with van der Waals surface area (Å²) in [7, 11) is -2.94. The third-order valence-corrected chi connectivity index (χ3v) is 4.02.